The summed E-state index contributed by atoms with van der Waals surface area (Å²) in [6.45, 7) is 8.30. The Morgan fingerprint density at radius 3 is 2.67 bits per heavy atom. The predicted octanol–water partition coefficient (Wildman–Crippen LogP) is 6.37. The summed E-state index contributed by atoms with van der Waals surface area (Å²) < 4.78 is 0. The molecule has 0 fully saturated rings. The summed E-state index contributed by atoms with van der Waals surface area (Å²) in [6.07, 6.45) is 11.2. The van der Waals surface area contributed by atoms with Crippen molar-refractivity contribution in [1.29, 1.82) is 0 Å². The third-order valence-corrected chi connectivity index (χ3v) is 4.92. The van der Waals surface area contributed by atoms with Crippen LogP contribution in [0, 0.1) is 5.92 Å². The number of fused-ring (bicyclic) bond motifs is 1. The van der Waals surface area contributed by atoms with E-state index in [1.807, 2.05) is 6.92 Å². The molecule has 1 aliphatic rings. The van der Waals surface area contributed by atoms with E-state index in [-0.39, 0.29) is 0 Å². The lowest BCUT2D eigenvalue weighted by Gasteiger charge is -2.35. The molecule has 0 aliphatic heterocycles. The predicted molar refractivity (Wildman–Crippen MR) is 97.2 cm³/mol. The molecule has 0 radical (unpaired) electrons. The molecular formula is C20H25Br. The summed E-state index contributed by atoms with van der Waals surface area (Å²) in [4.78, 5) is 0. The van der Waals surface area contributed by atoms with Gasteiger partial charge in [0, 0.05) is 11.2 Å². The van der Waals surface area contributed by atoms with Gasteiger partial charge in [0.25, 0.3) is 0 Å². The van der Waals surface area contributed by atoms with Gasteiger partial charge in [-0.3, -0.25) is 0 Å². The Balaban J connectivity index is 2.24. The molecule has 0 amide bonds. The molecular weight excluding hydrogens is 320 g/mol. The summed E-state index contributed by atoms with van der Waals surface area (Å²) in [7, 11) is 0. The third-order valence-electron chi connectivity index (χ3n) is 4.47. The van der Waals surface area contributed by atoms with Gasteiger partial charge in [-0.05, 0) is 42.7 Å². The molecule has 1 heteroatoms. The minimum absolute atomic E-state index is 0.538. The van der Waals surface area contributed by atoms with Gasteiger partial charge in [0.15, 0.2) is 0 Å². The van der Waals surface area contributed by atoms with Gasteiger partial charge >= 0.3 is 0 Å². The van der Waals surface area contributed by atoms with E-state index in [0.717, 1.165) is 16.8 Å². The summed E-state index contributed by atoms with van der Waals surface area (Å²) in [5.41, 5.74) is 4.14. The highest BCUT2D eigenvalue weighted by atomic mass is 79.9. The molecule has 112 valence electrons. The maximum Gasteiger partial charge on any atom is 0.00341 e. The first-order valence-electron chi connectivity index (χ1n) is 7.78. The van der Waals surface area contributed by atoms with Crippen LogP contribution in [-0.2, 0) is 0 Å². The normalized spacial score (nSPS) is 25.4. The van der Waals surface area contributed by atoms with Crippen molar-refractivity contribution in [3.05, 3.63) is 71.8 Å². The molecule has 0 heterocycles. The van der Waals surface area contributed by atoms with E-state index in [2.05, 4.69) is 78.0 Å². The molecule has 1 aromatic carbocycles. The van der Waals surface area contributed by atoms with E-state index >= 15 is 0 Å². The van der Waals surface area contributed by atoms with E-state index in [1.54, 1.807) is 0 Å². The van der Waals surface area contributed by atoms with E-state index < -0.39 is 0 Å². The van der Waals surface area contributed by atoms with Crippen LogP contribution in [0.4, 0.5) is 0 Å². The topological polar surface area (TPSA) is 0 Å². The molecule has 0 spiro atoms. The monoisotopic (exact) mass is 344 g/mol. The summed E-state index contributed by atoms with van der Waals surface area (Å²) in [5.74, 6) is 1.96. The lowest BCUT2D eigenvalue weighted by atomic mass is 9.70. The Kier molecular flexibility index (Phi) is 6.05. The highest BCUT2D eigenvalue weighted by Gasteiger charge is 2.30. The average Bonchev–Trinajstić information content (AvgIpc) is 2.48. The van der Waals surface area contributed by atoms with Gasteiger partial charge in [-0.25, -0.2) is 0 Å². The Morgan fingerprint density at radius 1 is 1.29 bits per heavy atom. The van der Waals surface area contributed by atoms with Crippen molar-refractivity contribution < 1.29 is 0 Å². The van der Waals surface area contributed by atoms with Crippen LogP contribution in [0.2, 0.25) is 0 Å². The van der Waals surface area contributed by atoms with E-state index in [1.165, 1.54) is 24.0 Å². The zero-order chi connectivity index (χ0) is 15.2. The van der Waals surface area contributed by atoms with Crippen LogP contribution in [-0.4, -0.2) is 5.33 Å². The van der Waals surface area contributed by atoms with Gasteiger partial charge in [-0.15, -0.1) is 0 Å². The van der Waals surface area contributed by atoms with Gasteiger partial charge in [-0.1, -0.05) is 83.6 Å². The standard InChI is InChI=1S/C20H25Br/c1-15(2)8-4-5-9-18-14-17(12-13-21)16(3)19-10-6-7-11-20(18)19/h4-11,16-18H,1,12-14H2,2-3H3/b8-4-,9-5-. The molecule has 0 N–H and O–H groups in total. The van der Waals surface area contributed by atoms with Gasteiger partial charge in [-0.2, -0.15) is 0 Å². The molecule has 1 aliphatic carbocycles. The highest BCUT2D eigenvalue weighted by molar-refractivity contribution is 9.09. The first-order chi connectivity index (χ1) is 10.1. The number of benzene rings is 1. The molecule has 0 nitrogen and oxygen atoms in total. The van der Waals surface area contributed by atoms with Crippen molar-refractivity contribution in [3.63, 3.8) is 0 Å². The Bertz CT molecular complexity index is 539. The van der Waals surface area contributed by atoms with E-state index in [4.69, 9.17) is 0 Å². The molecule has 21 heavy (non-hydrogen) atoms. The van der Waals surface area contributed by atoms with Crippen LogP contribution in [0.3, 0.4) is 0 Å². The van der Waals surface area contributed by atoms with Crippen molar-refractivity contribution in [3.8, 4) is 0 Å². The summed E-state index contributed by atoms with van der Waals surface area (Å²) >= 11 is 3.61. The number of halogens is 1. The van der Waals surface area contributed by atoms with Crippen LogP contribution < -0.4 is 0 Å². The smallest absolute Gasteiger partial charge is 0.00341 e. The molecule has 0 saturated carbocycles. The second-order valence-corrected chi connectivity index (χ2v) is 6.88. The Hall–Kier alpha value is -1.08. The number of rotatable bonds is 5. The molecule has 3 unspecified atom stereocenters. The fourth-order valence-corrected chi connectivity index (χ4v) is 3.87. The second kappa shape index (κ2) is 7.79. The van der Waals surface area contributed by atoms with Gasteiger partial charge in [0.1, 0.15) is 0 Å². The first-order valence-corrected chi connectivity index (χ1v) is 8.90. The number of hydrogen-bond donors (Lipinski definition) is 0. The fourth-order valence-electron chi connectivity index (χ4n) is 3.28. The van der Waals surface area contributed by atoms with Crippen molar-refractivity contribution >= 4 is 15.9 Å². The maximum atomic E-state index is 3.90. The van der Waals surface area contributed by atoms with Crippen molar-refractivity contribution in [1.82, 2.24) is 0 Å². The molecule has 1 aromatic rings. The zero-order valence-corrected chi connectivity index (χ0v) is 14.6. The number of allylic oxidation sites excluding steroid dienone is 5. The summed E-state index contributed by atoms with van der Waals surface area (Å²) in [6, 6.07) is 8.95. The van der Waals surface area contributed by atoms with Crippen LogP contribution >= 0.6 is 15.9 Å². The van der Waals surface area contributed by atoms with Crippen LogP contribution in [0.25, 0.3) is 0 Å². The zero-order valence-electron chi connectivity index (χ0n) is 13.1. The lowest BCUT2D eigenvalue weighted by molar-refractivity contribution is 0.365. The minimum atomic E-state index is 0.538. The van der Waals surface area contributed by atoms with Crippen LogP contribution in [0.5, 0.6) is 0 Å². The first kappa shape index (κ1) is 16.3. The lowest BCUT2D eigenvalue weighted by Crippen LogP contribution is -2.21. The van der Waals surface area contributed by atoms with E-state index in [9.17, 15) is 0 Å². The van der Waals surface area contributed by atoms with Crippen molar-refractivity contribution in [2.45, 2.75) is 38.5 Å². The van der Waals surface area contributed by atoms with Gasteiger partial charge < -0.3 is 0 Å². The van der Waals surface area contributed by atoms with E-state index in [0.29, 0.717) is 11.8 Å². The SMILES string of the molecule is C=C(C)/C=C\C=C/C1CC(CCBr)C(C)c2ccccc21. The Labute approximate surface area is 137 Å². The molecule has 2 rings (SSSR count). The van der Waals surface area contributed by atoms with Crippen LogP contribution in [0.15, 0.2) is 60.7 Å². The van der Waals surface area contributed by atoms with Gasteiger partial charge in [0.05, 0.1) is 0 Å². The van der Waals surface area contributed by atoms with Crippen molar-refractivity contribution in [2.24, 2.45) is 5.92 Å². The number of alkyl halides is 1. The van der Waals surface area contributed by atoms with Crippen molar-refractivity contribution in [2.75, 3.05) is 5.33 Å². The average molecular weight is 345 g/mol. The molecule has 0 aromatic heterocycles. The largest absolute Gasteiger partial charge is 0.0961 e. The third kappa shape index (κ3) is 4.20. The second-order valence-electron chi connectivity index (χ2n) is 6.09. The maximum absolute atomic E-state index is 3.90. The molecule has 0 saturated heterocycles. The fraction of sp³-hybridized carbons (Fsp3) is 0.400. The highest BCUT2D eigenvalue weighted by Crippen LogP contribution is 2.44. The molecule has 3 atom stereocenters. The number of hydrogen-bond acceptors (Lipinski definition) is 0. The Morgan fingerprint density at radius 2 is 2.00 bits per heavy atom. The summed E-state index contributed by atoms with van der Waals surface area (Å²) in [5, 5.41) is 1.09. The van der Waals surface area contributed by atoms with Gasteiger partial charge in [0.2, 0.25) is 0 Å². The van der Waals surface area contributed by atoms with Crippen LogP contribution in [0.1, 0.15) is 49.7 Å². The quantitative estimate of drug-likeness (QED) is 0.430. The molecule has 0 bridgehead atoms. The minimum Gasteiger partial charge on any atom is -0.0961 e.